The van der Waals surface area contributed by atoms with E-state index in [2.05, 4.69) is 16.0 Å². The molecule has 0 saturated heterocycles. The lowest BCUT2D eigenvalue weighted by Crippen LogP contribution is -2.25. The Hall–Kier alpha value is -2.27. The second-order valence-electron chi connectivity index (χ2n) is 5.89. The van der Waals surface area contributed by atoms with E-state index in [-0.39, 0.29) is 5.91 Å². The SMILES string of the molecule is CN(Cc1cccnc1)C(=O)CCCCc1nc2ccccc2s1. The Kier molecular flexibility index (Phi) is 5.54. The highest BCUT2D eigenvalue weighted by Gasteiger charge is 2.09. The molecular formula is C19H21N3OS. The summed E-state index contributed by atoms with van der Waals surface area (Å²) in [6.07, 6.45) is 6.96. The zero-order valence-electron chi connectivity index (χ0n) is 13.8. The van der Waals surface area contributed by atoms with Gasteiger partial charge in [0.2, 0.25) is 5.91 Å². The van der Waals surface area contributed by atoms with Crippen LogP contribution in [0.4, 0.5) is 0 Å². The van der Waals surface area contributed by atoms with Crippen molar-refractivity contribution in [3.8, 4) is 0 Å². The molecule has 0 spiro atoms. The third kappa shape index (κ3) is 4.38. The number of unbranched alkanes of at least 4 members (excludes halogenated alkanes) is 1. The van der Waals surface area contributed by atoms with Gasteiger partial charge < -0.3 is 4.90 Å². The van der Waals surface area contributed by atoms with Gasteiger partial charge >= 0.3 is 0 Å². The van der Waals surface area contributed by atoms with Crippen LogP contribution in [-0.4, -0.2) is 27.8 Å². The minimum Gasteiger partial charge on any atom is -0.341 e. The highest BCUT2D eigenvalue weighted by Crippen LogP contribution is 2.22. The lowest BCUT2D eigenvalue weighted by molar-refractivity contribution is -0.130. The molecule has 0 unspecified atom stereocenters. The van der Waals surface area contributed by atoms with Crippen molar-refractivity contribution in [3.05, 3.63) is 59.4 Å². The molecule has 0 aliphatic carbocycles. The Bertz CT molecular complexity index is 767. The van der Waals surface area contributed by atoms with Crippen molar-refractivity contribution in [1.82, 2.24) is 14.9 Å². The van der Waals surface area contributed by atoms with Crippen molar-refractivity contribution >= 4 is 27.5 Å². The molecular weight excluding hydrogens is 318 g/mol. The van der Waals surface area contributed by atoms with Gasteiger partial charge in [0.05, 0.1) is 15.2 Å². The fourth-order valence-corrected chi connectivity index (χ4v) is 3.63. The number of carbonyl (C=O) groups is 1. The topological polar surface area (TPSA) is 46.1 Å². The molecule has 3 aromatic rings. The zero-order chi connectivity index (χ0) is 16.8. The Morgan fingerprint density at radius 2 is 2.04 bits per heavy atom. The summed E-state index contributed by atoms with van der Waals surface area (Å²) in [4.78, 5) is 22.7. The molecule has 0 N–H and O–H groups in total. The van der Waals surface area contributed by atoms with Gasteiger partial charge in [-0.15, -0.1) is 11.3 Å². The highest BCUT2D eigenvalue weighted by molar-refractivity contribution is 7.18. The van der Waals surface area contributed by atoms with Gasteiger partial charge in [0, 0.05) is 32.4 Å². The van der Waals surface area contributed by atoms with Gasteiger partial charge in [0.25, 0.3) is 0 Å². The second-order valence-corrected chi connectivity index (χ2v) is 7.01. The van der Waals surface area contributed by atoms with Crippen molar-refractivity contribution in [2.75, 3.05) is 7.05 Å². The zero-order valence-corrected chi connectivity index (χ0v) is 14.6. The number of amides is 1. The average Bonchev–Trinajstić information content (AvgIpc) is 3.02. The Morgan fingerprint density at radius 3 is 2.83 bits per heavy atom. The second kappa shape index (κ2) is 8.02. The van der Waals surface area contributed by atoms with Gasteiger partial charge in [-0.05, 0) is 43.0 Å². The first-order valence-electron chi connectivity index (χ1n) is 8.20. The van der Waals surface area contributed by atoms with Crippen LogP contribution in [0.3, 0.4) is 0 Å². The molecule has 2 heterocycles. The summed E-state index contributed by atoms with van der Waals surface area (Å²) < 4.78 is 1.24. The summed E-state index contributed by atoms with van der Waals surface area (Å²) in [5, 5.41) is 1.16. The average molecular weight is 339 g/mol. The fourth-order valence-electron chi connectivity index (χ4n) is 2.62. The first kappa shape index (κ1) is 16.6. The minimum atomic E-state index is 0.183. The van der Waals surface area contributed by atoms with Crippen molar-refractivity contribution in [2.45, 2.75) is 32.2 Å². The molecule has 0 aliphatic rings. The quantitative estimate of drug-likeness (QED) is 0.610. The first-order valence-corrected chi connectivity index (χ1v) is 9.01. The number of rotatable bonds is 7. The summed E-state index contributed by atoms with van der Waals surface area (Å²) >= 11 is 1.75. The van der Waals surface area contributed by atoms with Crippen molar-refractivity contribution in [1.29, 1.82) is 0 Å². The molecule has 0 atom stereocenters. The number of thiazole rings is 1. The van der Waals surface area contributed by atoms with Gasteiger partial charge in [-0.3, -0.25) is 9.78 Å². The van der Waals surface area contributed by atoms with E-state index in [0.29, 0.717) is 13.0 Å². The van der Waals surface area contributed by atoms with Gasteiger partial charge in [0.1, 0.15) is 0 Å². The number of carbonyl (C=O) groups excluding carboxylic acids is 1. The van der Waals surface area contributed by atoms with Gasteiger partial charge in [-0.25, -0.2) is 4.98 Å². The number of fused-ring (bicyclic) bond motifs is 1. The summed E-state index contributed by atoms with van der Waals surface area (Å²) in [6, 6.07) is 12.1. The van der Waals surface area contributed by atoms with Crippen LogP contribution < -0.4 is 0 Å². The smallest absolute Gasteiger partial charge is 0.222 e. The lowest BCUT2D eigenvalue weighted by atomic mass is 10.2. The van der Waals surface area contributed by atoms with Gasteiger partial charge in [-0.2, -0.15) is 0 Å². The van der Waals surface area contributed by atoms with E-state index in [1.807, 2.05) is 37.4 Å². The maximum absolute atomic E-state index is 12.2. The first-order chi connectivity index (χ1) is 11.7. The molecule has 24 heavy (non-hydrogen) atoms. The molecule has 124 valence electrons. The van der Waals surface area contributed by atoms with Crippen LogP contribution in [-0.2, 0) is 17.8 Å². The van der Waals surface area contributed by atoms with Crippen molar-refractivity contribution in [3.63, 3.8) is 0 Å². The largest absolute Gasteiger partial charge is 0.341 e. The molecule has 4 nitrogen and oxygen atoms in total. The number of aromatic nitrogens is 2. The monoisotopic (exact) mass is 339 g/mol. The van der Waals surface area contributed by atoms with Crippen molar-refractivity contribution < 1.29 is 4.79 Å². The molecule has 5 heteroatoms. The maximum Gasteiger partial charge on any atom is 0.222 e. The van der Waals surface area contributed by atoms with E-state index in [0.717, 1.165) is 35.4 Å². The van der Waals surface area contributed by atoms with Crippen LogP contribution in [0.2, 0.25) is 0 Å². The van der Waals surface area contributed by atoms with Crippen LogP contribution in [0.15, 0.2) is 48.8 Å². The van der Waals surface area contributed by atoms with E-state index in [1.165, 1.54) is 4.70 Å². The number of aryl methyl sites for hydroxylation is 1. The number of hydrogen-bond acceptors (Lipinski definition) is 4. The number of hydrogen-bond donors (Lipinski definition) is 0. The molecule has 3 rings (SSSR count). The predicted molar refractivity (Wildman–Crippen MR) is 97.9 cm³/mol. The van der Waals surface area contributed by atoms with Crippen LogP contribution in [0.25, 0.3) is 10.2 Å². The Balaban J connectivity index is 1.41. The number of benzene rings is 1. The van der Waals surface area contributed by atoms with Crippen LogP contribution in [0.5, 0.6) is 0 Å². The lowest BCUT2D eigenvalue weighted by Gasteiger charge is -2.16. The molecule has 0 saturated carbocycles. The van der Waals surface area contributed by atoms with Crippen LogP contribution in [0, 0.1) is 0 Å². The molecule has 0 fully saturated rings. The molecule has 2 aromatic heterocycles. The third-order valence-electron chi connectivity index (χ3n) is 3.94. The van der Waals surface area contributed by atoms with E-state index in [1.54, 1.807) is 28.6 Å². The number of nitrogens with zero attached hydrogens (tertiary/aromatic N) is 3. The Morgan fingerprint density at radius 1 is 1.17 bits per heavy atom. The standard InChI is InChI=1S/C19H21N3OS/c1-22(14-15-7-6-12-20-13-15)19(23)11-5-4-10-18-21-16-8-2-3-9-17(16)24-18/h2-3,6-9,12-13H,4-5,10-11,14H2,1H3. The molecule has 1 amide bonds. The van der Waals surface area contributed by atoms with Crippen LogP contribution in [0.1, 0.15) is 29.8 Å². The fraction of sp³-hybridized carbons (Fsp3) is 0.316. The predicted octanol–water partition coefficient (Wildman–Crippen LogP) is 4.06. The summed E-state index contributed by atoms with van der Waals surface area (Å²) in [5.41, 5.74) is 2.13. The van der Waals surface area contributed by atoms with E-state index in [4.69, 9.17) is 0 Å². The third-order valence-corrected chi connectivity index (χ3v) is 5.03. The molecule has 0 radical (unpaired) electrons. The molecule has 1 aromatic carbocycles. The molecule has 0 bridgehead atoms. The normalized spacial score (nSPS) is 10.9. The Labute approximate surface area is 146 Å². The number of para-hydroxylation sites is 1. The van der Waals surface area contributed by atoms with Gasteiger partial charge in [-0.1, -0.05) is 18.2 Å². The summed E-state index contributed by atoms with van der Waals surface area (Å²) in [6.45, 7) is 0.616. The van der Waals surface area contributed by atoms with E-state index in [9.17, 15) is 4.79 Å². The summed E-state index contributed by atoms with van der Waals surface area (Å²) in [7, 11) is 1.85. The van der Waals surface area contributed by atoms with E-state index >= 15 is 0 Å². The van der Waals surface area contributed by atoms with Crippen molar-refractivity contribution in [2.24, 2.45) is 0 Å². The van der Waals surface area contributed by atoms with Crippen LogP contribution >= 0.6 is 11.3 Å². The van der Waals surface area contributed by atoms with Gasteiger partial charge in [0.15, 0.2) is 0 Å². The minimum absolute atomic E-state index is 0.183. The number of pyridine rings is 1. The molecule has 0 aliphatic heterocycles. The highest BCUT2D eigenvalue weighted by atomic mass is 32.1. The summed E-state index contributed by atoms with van der Waals surface area (Å²) in [5.74, 6) is 0.183. The van der Waals surface area contributed by atoms with E-state index < -0.39 is 0 Å². The maximum atomic E-state index is 12.2.